The Morgan fingerprint density at radius 1 is 1.22 bits per heavy atom. The van der Waals surface area contributed by atoms with Crippen LogP contribution < -0.4 is 0 Å². The van der Waals surface area contributed by atoms with Crippen LogP contribution in [0, 0.1) is 11.6 Å². The highest BCUT2D eigenvalue weighted by Gasteiger charge is 2.34. The van der Waals surface area contributed by atoms with Crippen LogP contribution in [0.25, 0.3) is 10.4 Å². The standard InChI is InChI=1S/C13H10F2N4O7S.C5H12/c14-7-1-2-9(8(15)5-7)27(23,24)6-10(17-18-16)25-13(22)26-19-11(20)3-4-12(19)21;1-3-5-4-2/h1-2,5,10H,3-4,6H2;3-5H2,1-2H3. The second-order valence-electron chi connectivity index (χ2n) is 6.41. The van der Waals surface area contributed by atoms with Gasteiger partial charge in [-0.3, -0.25) is 14.4 Å². The maximum absolute atomic E-state index is 13.7. The number of ether oxygens (including phenoxy) is 1. The summed E-state index contributed by atoms with van der Waals surface area (Å²) in [5.41, 5.74) is 8.47. The van der Waals surface area contributed by atoms with E-state index in [4.69, 9.17) is 5.53 Å². The maximum Gasteiger partial charge on any atom is 0.534 e. The van der Waals surface area contributed by atoms with Gasteiger partial charge in [0.1, 0.15) is 16.5 Å². The van der Waals surface area contributed by atoms with Crippen LogP contribution in [0.5, 0.6) is 0 Å². The molecule has 0 aliphatic carbocycles. The molecule has 1 aromatic rings. The lowest BCUT2D eigenvalue weighted by Crippen LogP contribution is -2.34. The lowest BCUT2D eigenvalue weighted by molar-refractivity contribution is -0.178. The lowest BCUT2D eigenvalue weighted by Gasteiger charge is -2.16. The number of benzene rings is 1. The van der Waals surface area contributed by atoms with Gasteiger partial charge in [-0.1, -0.05) is 38.2 Å². The molecule has 1 aliphatic rings. The third-order valence-corrected chi connectivity index (χ3v) is 5.61. The number of halogens is 2. The first kappa shape index (κ1) is 26.8. The van der Waals surface area contributed by atoms with E-state index in [0.717, 1.165) is 0 Å². The normalized spacial score (nSPS) is 14.2. The van der Waals surface area contributed by atoms with Crippen LogP contribution in [0.15, 0.2) is 28.2 Å². The monoisotopic (exact) mass is 476 g/mol. The number of amides is 2. The molecule has 0 N–H and O–H groups in total. The highest BCUT2D eigenvalue weighted by atomic mass is 32.2. The molecule has 1 fully saturated rings. The largest absolute Gasteiger partial charge is 0.534 e. The van der Waals surface area contributed by atoms with E-state index in [9.17, 15) is 31.6 Å². The third-order valence-electron chi connectivity index (χ3n) is 3.88. The summed E-state index contributed by atoms with van der Waals surface area (Å²) < 4.78 is 55.4. The topological polar surface area (TPSA) is 156 Å². The van der Waals surface area contributed by atoms with E-state index in [-0.39, 0.29) is 17.9 Å². The van der Waals surface area contributed by atoms with Crippen LogP contribution in [0.1, 0.15) is 46.0 Å². The Morgan fingerprint density at radius 3 is 2.28 bits per heavy atom. The minimum atomic E-state index is -4.51. The number of unbranched alkanes of at least 4 members (excludes halogenated alkanes) is 2. The minimum absolute atomic E-state index is 0.129. The SMILES string of the molecule is CCCCC.[N-]=[N+]=NC(CS(=O)(=O)c1ccc(F)cc1F)OC(=O)ON1C(=O)CCC1=O. The molecule has 0 spiro atoms. The molecule has 14 heteroatoms. The molecular formula is C18H22F2N4O7S. The van der Waals surface area contributed by atoms with Gasteiger partial charge in [0.15, 0.2) is 16.1 Å². The summed E-state index contributed by atoms with van der Waals surface area (Å²) in [5, 5.41) is 3.06. The molecule has 0 saturated carbocycles. The predicted molar refractivity (Wildman–Crippen MR) is 105 cm³/mol. The van der Waals surface area contributed by atoms with Crippen molar-refractivity contribution in [3.63, 3.8) is 0 Å². The zero-order valence-corrected chi connectivity index (χ0v) is 18.2. The van der Waals surface area contributed by atoms with Crippen molar-refractivity contribution in [3.05, 3.63) is 40.3 Å². The summed E-state index contributed by atoms with van der Waals surface area (Å²) >= 11 is 0. The number of hydroxylamine groups is 2. The van der Waals surface area contributed by atoms with E-state index in [1.807, 2.05) is 0 Å². The Hall–Kier alpha value is -3.25. The first-order chi connectivity index (χ1) is 15.0. The van der Waals surface area contributed by atoms with Gasteiger partial charge in [-0.15, -0.1) is 0 Å². The van der Waals surface area contributed by atoms with Crippen molar-refractivity contribution in [1.29, 1.82) is 0 Å². The molecular weight excluding hydrogens is 454 g/mol. The van der Waals surface area contributed by atoms with Crippen LogP contribution in [0.2, 0.25) is 0 Å². The summed E-state index contributed by atoms with van der Waals surface area (Å²) in [5.74, 6) is -5.25. The van der Waals surface area contributed by atoms with Gasteiger partial charge in [-0.25, -0.2) is 22.0 Å². The van der Waals surface area contributed by atoms with Crippen molar-refractivity contribution >= 4 is 27.8 Å². The molecule has 11 nitrogen and oxygen atoms in total. The fourth-order valence-electron chi connectivity index (χ4n) is 2.37. The molecule has 176 valence electrons. The highest BCUT2D eigenvalue weighted by molar-refractivity contribution is 7.91. The van der Waals surface area contributed by atoms with Crippen LogP contribution in [0.4, 0.5) is 13.6 Å². The average Bonchev–Trinajstić information content (AvgIpc) is 3.00. The molecule has 1 aromatic carbocycles. The van der Waals surface area contributed by atoms with Gasteiger partial charge in [-0.05, 0) is 22.8 Å². The molecule has 1 saturated heterocycles. The Balaban J connectivity index is 0.000000920. The fourth-order valence-corrected chi connectivity index (χ4v) is 3.69. The van der Waals surface area contributed by atoms with E-state index in [1.165, 1.54) is 19.3 Å². The van der Waals surface area contributed by atoms with Gasteiger partial charge >= 0.3 is 6.16 Å². The van der Waals surface area contributed by atoms with Crippen molar-refractivity contribution in [2.45, 2.75) is 57.1 Å². The van der Waals surface area contributed by atoms with E-state index in [2.05, 4.69) is 33.4 Å². The second kappa shape index (κ2) is 12.6. The molecule has 1 unspecified atom stereocenters. The third kappa shape index (κ3) is 8.12. The number of hydrogen-bond acceptors (Lipinski definition) is 8. The van der Waals surface area contributed by atoms with Gasteiger partial charge in [0.25, 0.3) is 11.8 Å². The molecule has 2 rings (SSSR count). The van der Waals surface area contributed by atoms with Crippen molar-refractivity contribution in [3.8, 4) is 0 Å². The smallest absolute Gasteiger partial charge is 0.422 e. The Kier molecular flexibility index (Phi) is 10.5. The number of imide groups is 1. The summed E-state index contributed by atoms with van der Waals surface area (Å²) in [4.78, 5) is 40.0. The number of sulfone groups is 1. The molecule has 2 amide bonds. The quantitative estimate of drug-likeness (QED) is 0.138. The molecule has 1 atom stereocenters. The summed E-state index contributed by atoms with van der Waals surface area (Å²) in [7, 11) is -4.51. The van der Waals surface area contributed by atoms with E-state index < -0.39 is 56.3 Å². The van der Waals surface area contributed by atoms with Gasteiger partial charge in [0.05, 0.1) is 5.75 Å². The van der Waals surface area contributed by atoms with E-state index in [0.29, 0.717) is 18.2 Å². The first-order valence-electron chi connectivity index (χ1n) is 9.52. The van der Waals surface area contributed by atoms with Crippen LogP contribution >= 0.6 is 0 Å². The van der Waals surface area contributed by atoms with E-state index in [1.54, 1.807) is 0 Å². The number of nitrogens with zero attached hydrogens (tertiary/aromatic N) is 4. The minimum Gasteiger partial charge on any atom is -0.422 e. The number of hydrogen-bond donors (Lipinski definition) is 0. The Morgan fingerprint density at radius 2 is 1.81 bits per heavy atom. The summed E-state index contributed by atoms with van der Waals surface area (Å²) in [6, 6.07) is 1.67. The highest BCUT2D eigenvalue weighted by Crippen LogP contribution is 2.19. The van der Waals surface area contributed by atoms with Crippen molar-refractivity contribution in [2.75, 3.05) is 5.75 Å². The molecule has 1 aliphatic heterocycles. The average molecular weight is 476 g/mol. The molecule has 0 radical (unpaired) electrons. The van der Waals surface area contributed by atoms with Crippen molar-refractivity contribution in [1.82, 2.24) is 5.06 Å². The first-order valence-corrected chi connectivity index (χ1v) is 11.2. The van der Waals surface area contributed by atoms with Crippen LogP contribution in [-0.2, 0) is 29.0 Å². The number of carbonyl (C=O) groups excluding carboxylic acids is 3. The second-order valence-corrected chi connectivity index (χ2v) is 8.41. The van der Waals surface area contributed by atoms with Crippen LogP contribution in [0.3, 0.4) is 0 Å². The van der Waals surface area contributed by atoms with Gasteiger partial charge in [-0.2, -0.15) is 0 Å². The lowest BCUT2D eigenvalue weighted by atomic mass is 10.3. The van der Waals surface area contributed by atoms with E-state index >= 15 is 0 Å². The van der Waals surface area contributed by atoms with Gasteiger partial charge < -0.3 is 4.74 Å². The summed E-state index contributed by atoms with van der Waals surface area (Å²) in [6.07, 6.45) is -0.00291. The van der Waals surface area contributed by atoms with Crippen molar-refractivity contribution < 1.29 is 41.2 Å². The fraction of sp³-hybridized carbons (Fsp3) is 0.500. The van der Waals surface area contributed by atoms with Gasteiger partial charge in [0, 0.05) is 23.8 Å². The molecule has 0 bridgehead atoms. The number of azide groups is 1. The Labute approximate surface area is 182 Å². The number of carbonyl (C=O) groups is 3. The number of rotatable bonds is 8. The molecule has 1 heterocycles. The summed E-state index contributed by atoms with van der Waals surface area (Å²) in [6.45, 7) is 4.42. The van der Waals surface area contributed by atoms with Crippen LogP contribution in [-0.4, -0.2) is 43.4 Å². The molecule has 0 aromatic heterocycles. The van der Waals surface area contributed by atoms with Crippen molar-refractivity contribution in [2.24, 2.45) is 5.11 Å². The zero-order chi connectivity index (χ0) is 24.3. The van der Waals surface area contributed by atoms with Gasteiger partial charge in [0.2, 0.25) is 0 Å². The zero-order valence-electron chi connectivity index (χ0n) is 17.4. The Bertz CT molecular complexity index is 979. The molecule has 32 heavy (non-hydrogen) atoms. The maximum atomic E-state index is 13.7. The predicted octanol–water partition coefficient (Wildman–Crippen LogP) is 3.79.